The Morgan fingerprint density at radius 1 is 1.31 bits per heavy atom. The Hall–Kier alpha value is -0.860. The van der Waals surface area contributed by atoms with Gasteiger partial charge in [-0.1, -0.05) is 18.2 Å². The van der Waals surface area contributed by atoms with Crippen molar-refractivity contribution in [2.24, 2.45) is 5.73 Å². The predicted molar refractivity (Wildman–Crippen MR) is 52.5 cm³/mol. The van der Waals surface area contributed by atoms with Gasteiger partial charge in [-0.2, -0.15) is 0 Å². The average Bonchev–Trinajstić information content (AvgIpc) is 2.63. The van der Waals surface area contributed by atoms with Crippen molar-refractivity contribution >= 4 is 0 Å². The van der Waals surface area contributed by atoms with Crippen LogP contribution in [0.15, 0.2) is 18.2 Å². The van der Waals surface area contributed by atoms with E-state index in [4.69, 9.17) is 10.8 Å². The number of rotatable bonds is 2. The molecule has 0 bridgehead atoms. The van der Waals surface area contributed by atoms with E-state index < -0.39 is 0 Å². The zero-order valence-corrected chi connectivity index (χ0v) is 7.66. The Labute approximate surface area is 78.4 Å². The van der Waals surface area contributed by atoms with Crippen LogP contribution >= 0.6 is 0 Å². The SMILES string of the molecule is N[C@H](CO)c1ccc2c(c1)CCC2. The van der Waals surface area contributed by atoms with Crippen LogP contribution in [0.3, 0.4) is 0 Å². The van der Waals surface area contributed by atoms with Crippen LogP contribution in [-0.2, 0) is 12.8 Å². The smallest absolute Gasteiger partial charge is 0.0624 e. The Morgan fingerprint density at radius 2 is 2.08 bits per heavy atom. The third-order valence-electron chi connectivity index (χ3n) is 2.75. The molecule has 13 heavy (non-hydrogen) atoms. The maximum atomic E-state index is 8.91. The van der Waals surface area contributed by atoms with Gasteiger partial charge < -0.3 is 10.8 Å². The van der Waals surface area contributed by atoms with Crippen LogP contribution in [0.4, 0.5) is 0 Å². The van der Waals surface area contributed by atoms with Crippen LogP contribution in [0, 0.1) is 0 Å². The van der Waals surface area contributed by atoms with Crippen LogP contribution < -0.4 is 5.73 Å². The second-order valence-corrected chi connectivity index (χ2v) is 3.67. The average molecular weight is 177 g/mol. The van der Waals surface area contributed by atoms with Gasteiger partial charge in [-0.3, -0.25) is 0 Å². The summed E-state index contributed by atoms with van der Waals surface area (Å²) in [5, 5.41) is 8.91. The van der Waals surface area contributed by atoms with Gasteiger partial charge in [0.1, 0.15) is 0 Å². The van der Waals surface area contributed by atoms with Crippen molar-refractivity contribution in [3.05, 3.63) is 34.9 Å². The van der Waals surface area contributed by atoms with Gasteiger partial charge in [0, 0.05) is 0 Å². The van der Waals surface area contributed by atoms with Gasteiger partial charge in [-0.05, 0) is 36.0 Å². The maximum Gasteiger partial charge on any atom is 0.0624 e. The summed E-state index contributed by atoms with van der Waals surface area (Å²) >= 11 is 0. The predicted octanol–water partition coefficient (Wildman–Crippen LogP) is 1.17. The Bertz CT molecular complexity index is 309. The molecule has 0 amide bonds. The van der Waals surface area contributed by atoms with E-state index in [0.29, 0.717) is 0 Å². The molecular weight excluding hydrogens is 162 g/mol. The lowest BCUT2D eigenvalue weighted by atomic mass is 10.0. The molecule has 0 aromatic heterocycles. The fourth-order valence-electron chi connectivity index (χ4n) is 1.93. The molecule has 0 aliphatic heterocycles. The Morgan fingerprint density at radius 3 is 2.85 bits per heavy atom. The molecule has 0 unspecified atom stereocenters. The highest BCUT2D eigenvalue weighted by atomic mass is 16.3. The normalized spacial score (nSPS) is 17.1. The lowest BCUT2D eigenvalue weighted by Gasteiger charge is -2.10. The summed E-state index contributed by atoms with van der Waals surface area (Å²) in [7, 11) is 0. The van der Waals surface area contributed by atoms with Crippen molar-refractivity contribution in [2.75, 3.05) is 6.61 Å². The number of hydrogen-bond donors (Lipinski definition) is 2. The molecule has 2 nitrogen and oxygen atoms in total. The van der Waals surface area contributed by atoms with Crippen LogP contribution in [0.2, 0.25) is 0 Å². The fourth-order valence-corrected chi connectivity index (χ4v) is 1.93. The summed E-state index contributed by atoms with van der Waals surface area (Å²) in [4.78, 5) is 0. The van der Waals surface area contributed by atoms with Crippen molar-refractivity contribution in [3.63, 3.8) is 0 Å². The van der Waals surface area contributed by atoms with Gasteiger partial charge in [0.2, 0.25) is 0 Å². The quantitative estimate of drug-likeness (QED) is 0.712. The summed E-state index contributed by atoms with van der Waals surface area (Å²) in [6.07, 6.45) is 3.62. The van der Waals surface area contributed by atoms with Crippen LogP contribution in [-0.4, -0.2) is 11.7 Å². The molecule has 0 saturated carbocycles. The molecule has 1 aliphatic rings. The number of hydrogen-bond acceptors (Lipinski definition) is 2. The van der Waals surface area contributed by atoms with Gasteiger partial charge in [-0.25, -0.2) is 0 Å². The van der Waals surface area contributed by atoms with Crippen molar-refractivity contribution in [3.8, 4) is 0 Å². The van der Waals surface area contributed by atoms with Crippen molar-refractivity contribution in [1.29, 1.82) is 0 Å². The monoisotopic (exact) mass is 177 g/mol. The third-order valence-corrected chi connectivity index (χ3v) is 2.75. The summed E-state index contributed by atoms with van der Waals surface area (Å²) in [5.74, 6) is 0. The number of benzene rings is 1. The molecular formula is C11H15NO. The second kappa shape index (κ2) is 3.48. The van der Waals surface area contributed by atoms with E-state index >= 15 is 0 Å². The van der Waals surface area contributed by atoms with E-state index in [1.165, 1.54) is 30.4 Å². The minimum absolute atomic E-state index is 0.0266. The fraction of sp³-hybridized carbons (Fsp3) is 0.455. The van der Waals surface area contributed by atoms with E-state index in [2.05, 4.69) is 12.1 Å². The standard InChI is InChI=1S/C11H15NO/c12-11(7-13)10-5-4-8-2-1-3-9(8)6-10/h4-6,11,13H,1-3,7,12H2/t11-/m1/s1. The lowest BCUT2D eigenvalue weighted by Crippen LogP contribution is -2.14. The van der Waals surface area contributed by atoms with E-state index in [-0.39, 0.29) is 12.6 Å². The van der Waals surface area contributed by atoms with Gasteiger partial charge in [0.25, 0.3) is 0 Å². The number of aryl methyl sites for hydroxylation is 2. The molecule has 2 rings (SSSR count). The van der Waals surface area contributed by atoms with Crippen LogP contribution in [0.1, 0.15) is 29.2 Å². The molecule has 1 atom stereocenters. The molecule has 2 heteroatoms. The van der Waals surface area contributed by atoms with Gasteiger partial charge in [-0.15, -0.1) is 0 Å². The van der Waals surface area contributed by atoms with Crippen molar-refractivity contribution < 1.29 is 5.11 Å². The molecule has 1 aromatic carbocycles. The molecule has 0 spiro atoms. The van der Waals surface area contributed by atoms with E-state index in [9.17, 15) is 0 Å². The molecule has 0 saturated heterocycles. The van der Waals surface area contributed by atoms with E-state index in [0.717, 1.165) is 5.56 Å². The first-order valence-corrected chi connectivity index (χ1v) is 4.79. The van der Waals surface area contributed by atoms with E-state index in [1.54, 1.807) is 0 Å². The molecule has 0 fully saturated rings. The largest absolute Gasteiger partial charge is 0.394 e. The molecule has 1 aromatic rings. The highest BCUT2D eigenvalue weighted by molar-refractivity contribution is 5.36. The summed E-state index contributed by atoms with van der Waals surface area (Å²) in [5.41, 5.74) is 9.67. The van der Waals surface area contributed by atoms with Crippen molar-refractivity contribution in [1.82, 2.24) is 0 Å². The number of nitrogens with two attached hydrogens (primary N) is 1. The first-order chi connectivity index (χ1) is 6.31. The van der Waals surface area contributed by atoms with Crippen molar-refractivity contribution in [2.45, 2.75) is 25.3 Å². The zero-order valence-electron chi connectivity index (χ0n) is 7.66. The maximum absolute atomic E-state index is 8.91. The minimum Gasteiger partial charge on any atom is -0.394 e. The van der Waals surface area contributed by atoms with Gasteiger partial charge >= 0.3 is 0 Å². The van der Waals surface area contributed by atoms with Crippen LogP contribution in [0.25, 0.3) is 0 Å². The number of fused-ring (bicyclic) bond motifs is 1. The number of aliphatic hydroxyl groups is 1. The van der Waals surface area contributed by atoms with Gasteiger partial charge in [0.15, 0.2) is 0 Å². The third kappa shape index (κ3) is 1.60. The summed E-state index contributed by atoms with van der Waals surface area (Å²) in [6.45, 7) is 0.0266. The minimum atomic E-state index is -0.217. The Balaban J connectivity index is 2.30. The second-order valence-electron chi connectivity index (χ2n) is 3.67. The molecule has 70 valence electrons. The molecule has 3 N–H and O–H groups in total. The zero-order chi connectivity index (χ0) is 9.26. The first-order valence-electron chi connectivity index (χ1n) is 4.79. The summed E-state index contributed by atoms with van der Waals surface area (Å²) < 4.78 is 0. The topological polar surface area (TPSA) is 46.2 Å². The first kappa shape index (κ1) is 8.73. The van der Waals surface area contributed by atoms with Gasteiger partial charge in [0.05, 0.1) is 12.6 Å². The highest BCUT2D eigenvalue weighted by Gasteiger charge is 2.12. The van der Waals surface area contributed by atoms with Crippen LogP contribution in [0.5, 0.6) is 0 Å². The van der Waals surface area contributed by atoms with E-state index in [1.807, 2.05) is 6.07 Å². The molecule has 0 radical (unpaired) electrons. The number of aliphatic hydroxyl groups excluding tert-OH is 1. The molecule has 1 aliphatic carbocycles. The summed E-state index contributed by atoms with van der Waals surface area (Å²) in [6, 6.07) is 6.10. The Kier molecular flexibility index (Phi) is 2.34. The lowest BCUT2D eigenvalue weighted by molar-refractivity contribution is 0.268. The molecule has 0 heterocycles. The highest BCUT2D eigenvalue weighted by Crippen LogP contribution is 2.24.